The summed E-state index contributed by atoms with van der Waals surface area (Å²) < 4.78 is 5.60. The topological polar surface area (TPSA) is 94.4 Å². The van der Waals surface area contributed by atoms with E-state index in [9.17, 15) is 14.9 Å². The number of aryl methyl sites for hydroxylation is 2. The first-order valence-corrected chi connectivity index (χ1v) is 8.95. The number of fused-ring (bicyclic) bond motifs is 1. The number of amides is 1. The van der Waals surface area contributed by atoms with Crippen LogP contribution in [0.2, 0.25) is 10.0 Å². The van der Waals surface area contributed by atoms with Gasteiger partial charge in [0.25, 0.3) is 11.6 Å². The van der Waals surface area contributed by atoms with Crippen LogP contribution in [0.4, 0.5) is 11.4 Å². The highest BCUT2D eigenvalue weighted by Gasteiger charge is 2.19. The van der Waals surface area contributed by atoms with Gasteiger partial charge in [-0.3, -0.25) is 14.9 Å². The number of benzene rings is 2. The fourth-order valence-corrected chi connectivity index (χ4v) is 3.28. The molecular formula is C19H15Cl2N3O4. The van der Waals surface area contributed by atoms with E-state index < -0.39 is 17.4 Å². The van der Waals surface area contributed by atoms with Gasteiger partial charge < -0.3 is 10.1 Å². The third kappa shape index (κ3) is 4.00. The number of halogens is 2. The molecule has 1 aromatic heterocycles. The lowest BCUT2D eigenvalue weighted by Crippen LogP contribution is -2.21. The average Bonchev–Trinajstić information content (AvgIpc) is 2.62. The first kappa shape index (κ1) is 19.9. The maximum atomic E-state index is 12.3. The number of pyridine rings is 1. The van der Waals surface area contributed by atoms with Gasteiger partial charge in [0.1, 0.15) is 11.2 Å². The smallest absolute Gasteiger partial charge is 0.293 e. The Kier molecular flexibility index (Phi) is 5.67. The summed E-state index contributed by atoms with van der Waals surface area (Å²) >= 11 is 12.4. The molecule has 0 unspecified atom stereocenters. The van der Waals surface area contributed by atoms with Crippen molar-refractivity contribution in [3.05, 3.63) is 67.8 Å². The van der Waals surface area contributed by atoms with Gasteiger partial charge in [-0.05, 0) is 37.6 Å². The predicted octanol–water partition coefficient (Wildman–Crippen LogP) is 5.08. The summed E-state index contributed by atoms with van der Waals surface area (Å²) in [5.74, 6) is -0.344. The summed E-state index contributed by atoms with van der Waals surface area (Å²) in [4.78, 5) is 27.4. The van der Waals surface area contributed by atoms with Crippen LogP contribution in [0.15, 0.2) is 36.4 Å². The lowest BCUT2D eigenvalue weighted by atomic mass is 10.1. The minimum atomic E-state index is -0.566. The molecule has 0 atom stereocenters. The Morgan fingerprint density at radius 3 is 2.68 bits per heavy atom. The maximum Gasteiger partial charge on any atom is 0.293 e. The maximum absolute atomic E-state index is 12.3. The average molecular weight is 420 g/mol. The molecule has 0 aliphatic carbocycles. The lowest BCUT2D eigenvalue weighted by molar-refractivity contribution is -0.384. The molecule has 3 aromatic rings. The third-order valence-corrected chi connectivity index (χ3v) is 4.63. The Morgan fingerprint density at radius 2 is 1.96 bits per heavy atom. The number of anilines is 1. The molecular weight excluding hydrogens is 405 g/mol. The normalized spacial score (nSPS) is 10.7. The number of hydrogen-bond acceptors (Lipinski definition) is 5. The Hall–Kier alpha value is -2.90. The Balaban J connectivity index is 1.85. The number of para-hydroxylation sites is 1. The fraction of sp³-hybridized carbons (Fsp3) is 0.158. The number of carbonyl (C=O) groups is 1. The number of rotatable bonds is 5. The number of aromatic nitrogens is 1. The minimum Gasteiger partial charge on any atom is -0.480 e. The van der Waals surface area contributed by atoms with Crippen LogP contribution in [0, 0.1) is 24.0 Å². The number of nitrogens with zero attached hydrogens (tertiary/aromatic N) is 2. The number of nitrogens with one attached hydrogen (secondary N) is 1. The molecule has 2 aromatic carbocycles. The van der Waals surface area contributed by atoms with Gasteiger partial charge >= 0.3 is 0 Å². The van der Waals surface area contributed by atoms with Gasteiger partial charge in [0.2, 0.25) is 0 Å². The van der Waals surface area contributed by atoms with Gasteiger partial charge in [0, 0.05) is 17.1 Å². The molecule has 3 rings (SSSR count). The monoisotopic (exact) mass is 419 g/mol. The molecule has 0 saturated heterocycles. The molecule has 0 aliphatic heterocycles. The predicted molar refractivity (Wildman–Crippen MR) is 108 cm³/mol. The van der Waals surface area contributed by atoms with Crippen molar-refractivity contribution in [3.8, 4) is 5.75 Å². The van der Waals surface area contributed by atoms with E-state index in [1.54, 1.807) is 31.2 Å². The molecule has 0 spiro atoms. The van der Waals surface area contributed by atoms with Crippen LogP contribution in [-0.2, 0) is 4.79 Å². The van der Waals surface area contributed by atoms with Crippen molar-refractivity contribution in [3.63, 3.8) is 0 Å². The van der Waals surface area contributed by atoms with Crippen molar-refractivity contribution < 1.29 is 14.5 Å². The van der Waals surface area contributed by atoms with Crippen LogP contribution in [0.3, 0.4) is 0 Å². The van der Waals surface area contributed by atoms with Crippen LogP contribution in [0.5, 0.6) is 5.75 Å². The highest BCUT2D eigenvalue weighted by Crippen LogP contribution is 2.37. The van der Waals surface area contributed by atoms with E-state index in [0.717, 1.165) is 5.69 Å². The van der Waals surface area contributed by atoms with Crippen molar-refractivity contribution in [2.24, 2.45) is 0 Å². The Bertz CT molecular complexity index is 1100. The van der Waals surface area contributed by atoms with Crippen molar-refractivity contribution in [1.29, 1.82) is 0 Å². The molecule has 1 amide bonds. The van der Waals surface area contributed by atoms with Crippen LogP contribution in [0.1, 0.15) is 11.3 Å². The highest BCUT2D eigenvalue weighted by atomic mass is 35.5. The molecule has 144 valence electrons. The summed E-state index contributed by atoms with van der Waals surface area (Å²) in [5.41, 5.74) is 1.67. The van der Waals surface area contributed by atoms with Crippen molar-refractivity contribution in [1.82, 2.24) is 4.98 Å². The first-order valence-electron chi connectivity index (χ1n) is 8.20. The first-order chi connectivity index (χ1) is 13.3. The number of carbonyl (C=O) groups excluding carboxylic acids is 1. The standard InChI is InChI=1S/C19H15Cl2N3O4/c1-10-4-3-5-15(24(26)27)17(10)23-16(25)9-28-19-14(21)8-13(20)12-7-6-11(2)22-18(12)19/h3-8H,9H2,1-2H3,(H,23,25). The molecule has 0 aliphatic rings. The molecule has 28 heavy (non-hydrogen) atoms. The number of nitro benzene ring substituents is 1. The summed E-state index contributed by atoms with van der Waals surface area (Å²) in [6.45, 7) is 3.07. The number of nitro groups is 1. The third-order valence-electron chi connectivity index (χ3n) is 4.04. The highest BCUT2D eigenvalue weighted by molar-refractivity contribution is 6.39. The summed E-state index contributed by atoms with van der Waals surface area (Å²) in [7, 11) is 0. The quantitative estimate of drug-likeness (QED) is 0.459. The van der Waals surface area contributed by atoms with E-state index in [1.165, 1.54) is 12.1 Å². The zero-order chi connectivity index (χ0) is 20.4. The van der Waals surface area contributed by atoms with E-state index in [4.69, 9.17) is 27.9 Å². The van der Waals surface area contributed by atoms with Gasteiger partial charge in [-0.25, -0.2) is 4.98 Å². The second-order valence-electron chi connectivity index (χ2n) is 6.08. The fourth-order valence-electron chi connectivity index (χ4n) is 2.71. The summed E-state index contributed by atoms with van der Waals surface area (Å²) in [6, 6.07) is 9.64. The van der Waals surface area contributed by atoms with Crippen molar-refractivity contribution >= 4 is 51.4 Å². The zero-order valence-electron chi connectivity index (χ0n) is 15.0. The number of ether oxygens (including phenoxy) is 1. The van der Waals surface area contributed by atoms with Crippen molar-refractivity contribution in [2.75, 3.05) is 11.9 Å². The molecule has 0 radical (unpaired) electrons. The number of hydrogen-bond donors (Lipinski definition) is 1. The van der Waals surface area contributed by atoms with E-state index in [-0.39, 0.29) is 22.1 Å². The Labute approximate surface area is 170 Å². The van der Waals surface area contributed by atoms with Crippen LogP contribution >= 0.6 is 23.2 Å². The van der Waals surface area contributed by atoms with E-state index in [2.05, 4.69) is 10.3 Å². The lowest BCUT2D eigenvalue weighted by Gasteiger charge is -2.13. The van der Waals surface area contributed by atoms with Gasteiger partial charge in [0.15, 0.2) is 12.4 Å². The molecule has 7 nitrogen and oxygen atoms in total. The molecule has 0 fully saturated rings. The van der Waals surface area contributed by atoms with Gasteiger partial charge in [-0.1, -0.05) is 35.3 Å². The van der Waals surface area contributed by atoms with Gasteiger partial charge in [-0.2, -0.15) is 0 Å². The van der Waals surface area contributed by atoms with Gasteiger partial charge in [0.05, 0.1) is 15.0 Å². The molecule has 9 heteroatoms. The second kappa shape index (κ2) is 8.00. The molecule has 1 N–H and O–H groups in total. The molecule has 1 heterocycles. The van der Waals surface area contributed by atoms with E-state index in [0.29, 0.717) is 21.5 Å². The SMILES string of the molecule is Cc1ccc2c(Cl)cc(Cl)c(OCC(=O)Nc3c(C)cccc3[N+](=O)[O-])c2n1. The van der Waals surface area contributed by atoms with Gasteiger partial charge in [-0.15, -0.1) is 0 Å². The van der Waals surface area contributed by atoms with Crippen molar-refractivity contribution in [2.45, 2.75) is 13.8 Å². The summed E-state index contributed by atoms with van der Waals surface area (Å²) in [6.07, 6.45) is 0. The zero-order valence-corrected chi connectivity index (χ0v) is 16.5. The van der Waals surface area contributed by atoms with E-state index in [1.807, 2.05) is 6.92 Å². The summed E-state index contributed by atoms with van der Waals surface area (Å²) in [5, 5.41) is 15.0. The Morgan fingerprint density at radius 1 is 1.21 bits per heavy atom. The van der Waals surface area contributed by atoms with Crippen LogP contribution in [-0.4, -0.2) is 22.4 Å². The molecule has 0 bridgehead atoms. The van der Waals surface area contributed by atoms with E-state index >= 15 is 0 Å². The molecule has 0 saturated carbocycles. The second-order valence-corrected chi connectivity index (χ2v) is 6.90. The minimum absolute atomic E-state index is 0.127. The largest absolute Gasteiger partial charge is 0.480 e. The van der Waals surface area contributed by atoms with Crippen LogP contribution < -0.4 is 10.1 Å². The van der Waals surface area contributed by atoms with Crippen LogP contribution in [0.25, 0.3) is 10.9 Å².